The smallest absolute Gasteiger partial charge is 1.00 e. The fraction of sp³-hybridized carbons (Fsp3) is 0.600. The first-order chi connectivity index (χ1) is 5.38. The molecule has 13 heavy (non-hydrogen) atoms. The van der Waals surface area contributed by atoms with Crippen LogP contribution in [-0.4, -0.2) is 28.4 Å². The van der Waals surface area contributed by atoms with Crippen molar-refractivity contribution in [2.45, 2.75) is 12.8 Å². The number of esters is 1. The van der Waals surface area contributed by atoms with Crippen LogP contribution in [0.25, 0.3) is 0 Å². The maximum absolute atomic E-state index is 10.5. The summed E-state index contributed by atoms with van der Waals surface area (Å²) in [5.41, 5.74) is -1.24. The van der Waals surface area contributed by atoms with E-state index < -0.39 is 25.5 Å². The number of carbonyl (C=O) groups excluding carboxylic acids is 2. The molecule has 0 aromatic carbocycles. The summed E-state index contributed by atoms with van der Waals surface area (Å²) < 4.78 is 14.4. The Morgan fingerprint density at radius 3 is 2.15 bits per heavy atom. The number of hydrogen-bond donors (Lipinski definition) is 2. The maximum atomic E-state index is 10.5. The van der Waals surface area contributed by atoms with Crippen LogP contribution >= 0.6 is 7.60 Å². The average molecular weight is 220 g/mol. The molecule has 0 rings (SSSR count). The van der Waals surface area contributed by atoms with Gasteiger partial charge in [0.2, 0.25) is 5.52 Å². The molecule has 0 radical (unpaired) electrons. The first-order valence-electron chi connectivity index (χ1n) is 3.03. The second-order valence-corrected chi connectivity index (χ2v) is 3.60. The first kappa shape index (κ1) is 15.7. The Labute approximate surface area is 98.6 Å². The van der Waals surface area contributed by atoms with Crippen molar-refractivity contribution in [2.24, 2.45) is 0 Å². The largest absolute Gasteiger partial charge is 1.00 e. The Balaban J connectivity index is -0.000000605. The third kappa shape index (κ3) is 7.37. The molecule has 0 aromatic heterocycles. The predicted octanol–water partition coefficient (Wildman–Crippen LogP) is -3.24. The minimum absolute atomic E-state index is 0. The zero-order valence-electron chi connectivity index (χ0n) is 8.39. The first-order valence-corrected chi connectivity index (χ1v) is 4.65. The van der Waals surface area contributed by atoms with Gasteiger partial charge in [0, 0.05) is 6.42 Å². The van der Waals surface area contributed by atoms with Gasteiger partial charge in [0.1, 0.15) is 0 Å². The number of rotatable bonds is 4. The zero-order chi connectivity index (χ0) is 9.78. The van der Waals surface area contributed by atoms with Crippen molar-refractivity contribution in [1.29, 1.82) is 0 Å². The van der Waals surface area contributed by atoms with Gasteiger partial charge in [-0.25, -0.2) is 0 Å². The summed E-state index contributed by atoms with van der Waals surface area (Å²) in [5.74, 6) is -0.670. The van der Waals surface area contributed by atoms with E-state index in [0.717, 1.165) is 7.11 Å². The van der Waals surface area contributed by atoms with Gasteiger partial charge >= 0.3 is 43.1 Å². The van der Waals surface area contributed by atoms with Crippen molar-refractivity contribution in [3.05, 3.63) is 0 Å². The monoisotopic (exact) mass is 220 g/mol. The number of hydrogen-bond acceptors (Lipinski definition) is 4. The van der Waals surface area contributed by atoms with E-state index in [4.69, 9.17) is 9.79 Å². The van der Waals surface area contributed by atoms with Crippen molar-refractivity contribution < 1.29 is 59.7 Å². The predicted molar refractivity (Wildman–Crippen MR) is 39.4 cm³/mol. The third-order valence-electron chi connectivity index (χ3n) is 1.10. The summed E-state index contributed by atoms with van der Waals surface area (Å²) >= 11 is 0. The van der Waals surface area contributed by atoms with Gasteiger partial charge in [-0.3, -0.25) is 14.2 Å². The van der Waals surface area contributed by atoms with Gasteiger partial charge < -0.3 is 16.0 Å². The van der Waals surface area contributed by atoms with Crippen molar-refractivity contribution in [3.63, 3.8) is 0 Å². The molecule has 0 amide bonds. The van der Waals surface area contributed by atoms with Crippen molar-refractivity contribution >= 4 is 19.1 Å². The number of ether oxygens (including phenoxy) is 1. The van der Waals surface area contributed by atoms with E-state index in [-0.39, 0.29) is 37.4 Å². The Morgan fingerprint density at radius 2 is 1.85 bits per heavy atom. The molecule has 0 aliphatic rings. The minimum Gasteiger partial charge on any atom is -1.00 e. The SMILES string of the molecule is COC(=O)CCC(=O)P(=O)(O)O.[H-].[Na+]. The summed E-state index contributed by atoms with van der Waals surface area (Å²) in [7, 11) is -3.54. The van der Waals surface area contributed by atoms with Crippen LogP contribution in [0.4, 0.5) is 0 Å². The standard InChI is InChI=1S/C5H9O6P.Na.H/c1-11-4(6)2-3-5(7)12(8,9)10;;/h2-3H2,1H3,(H2,8,9,10);;/q;+1;-1. The molecule has 2 N–H and O–H groups in total. The Bertz CT molecular complexity index is 238. The van der Waals surface area contributed by atoms with Gasteiger partial charge in [-0.05, 0) is 0 Å². The molecule has 0 aliphatic carbocycles. The third-order valence-corrected chi connectivity index (χ3v) is 1.97. The van der Waals surface area contributed by atoms with Crippen molar-refractivity contribution in [1.82, 2.24) is 0 Å². The van der Waals surface area contributed by atoms with Crippen LogP contribution < -0.4 is 29.6 Å². The van der Waals surface area contributed by atoms with Gasteiger partial charge in [-0.1, -0.05) is 0 Å². The van der Waals surface area contributed by atoms with Crippen LogP contribution in [0.2, 0.25) is 0 Å². The second-order valence-electron chi connectivity index (χ2n) is 2.01. The molecule has 6 nitrogen and oxygen atoms in total. The van der Waals surface area contributed by atoms with Crippen LogP contribution in [0.3, 0.4) is 0 Å². The maximum Gasteiger partial charge on any atom is 1.00 e. The minimum atomic E-state index is -4.67. The van der Waals surface area contributed by atoms with E-state index >= 15 is 0 Å². The van der Waals surface area contributed by atoms with Crippen LogP contribution in [-0.2, 0) is 18.9 Å². The quantitative estimate of drug-likeness (QED) is 0.293. The van der Waals surface area contributed by atoms with Gasteiger partial charge in [-0.15, -0.1) is 0 Å². The molecule has 0 saturated heterocycles. The van der Waals surface area contributed by atoms with E-state index in [1.165, 1.54) is 0 Å². The molecule has 8 heteroatoms. The molecule has 0 fully saturated rings. The van der Waals surface area contributed by atoms with Crippen LogP contribution in [0.5, 0.6) is 0 Å². The number of carbonyl (C=O) groups is 2. The van der Waals surface area contributed by atoms with E-state index in [1.54, 1.807) is 0 Å². The van der Waals surface area contributed by atoms with E-state index in [1.807, 2.05) is 0 Å². The molecule has 0 saturated carbocycles. The Kier molecular flexibility index (Phi) is 8.12. The summed E-state index contributed by atoms with van der Waals surface area (Å²) in [6, 6.07) is 0. The molecular weight excluding hydrogens is 210 g/mol. The molecule has 0 heterocycles. The van der Waals surface area contributed by atoms with Gasteiger partial charge in [-0.2, -0.15) is 0 Å². The van der Waals surface area contributed by atoms with E-state index in [2.05, 4.69) is 4.74 Å². The van der Waals surface area contributed by atoms with Crippen LogP contribution in [0, 0.1) is 0 Å². The summed E-state index contributed by atoms with van der Waals surface area (Å²) in [6.07, 6.45) is -0.794. The van der Waals surface area contributed by atoms with Crippen molar-refractivity contribution in [3.8, 4) is 0 Å². The topological polar surface area (TPSA) is 101 Å². The van der Waals surface area contributed by atoms with E-state index in [9.17, 15) is 14.2 Å². The fourth-order valence-electron chi connectivity index (χ4n) is 0.457. The molecule has 0 aromatic rings. The van der Waals surface area contributed by atoms with E-state index in [0.29, 0.717) is 0 Å². The fourth-order valence-corrected chi connectivity index (χ4v) is 0.860. The number of methoxy groups -OCH3 is 1. The Morgan fingerprint density at radius 1 is 1.38 bits per heavy atom. The van der Waals surface area contributed by atoms with Crippen LogP contribution in [0.15, 0.2) is 0 Å². The van der Waals surface area contributed by atoms with Crippen molar-refractivity contribution in [2.75, 3.05) is 7.11 Å². The molecule has 0 unspecified atom stereocenters. The van der Waals surface area contributed by atoms with Gasteiger partial charge in [0.25, 0.3) is 0 Å². The molecule has 0 bridgehead atoms. The summed E-state index contributed by atoms with van der Waals surface area (Å²) in [5, 5.41) is 0. The Hall–Kier alpha value is 0.290. The molecular formula is C5H10NaO6P. The second kappa shape index (κ2) is 6.70. The van der Waals surface area contributed by atoms with Crippen LogP contribution in [0.1, 0.15) is 14.3 Å². The molecule has 0 spiro atoms. The molecule has 0 atom stereocenters. The molecule has 0 aliphatic heterocycles. The summed E-state index contributed by atoms with van der Waals surface area (Å²) in [4.78, 5) is 37.5. The summed E-state index contributed by atoms with van der Waals surface area (Å²) in [6.45, 7) is 0. The van der Waals surface area contributed by atoms with Gasteiger partial charge in [0.15, 0.2) is 0 Å². The zero-order valence-corrected chi connectivity index (χ0v) is 10.3. The molecule has 72 valence electrons. The average Bonchev–Trinajstić information content (AvgIpc) is 1.97. The van der Waals surface area contributed by atoms with Gasteiger partial charge in [0.05, 0.1) is 13.5 Å². The normalized spacial score (nSPS) is 10.1.